The highest BCUT2D eigenvalue weighted by atomic mass is 16.6. The van der Waals surface area contributed by atoms with Gasteiger partial charge in [-0.1, -0.05) is 25.5 Å². The van der Waals surface area contributed by atoms with E-state index in [0.29, 0.717) is 23.5 Å². The zero-order valence-electron chi connectivity index (χ0n) is 15.4. The first kappa shape index (κ1) is 17.3. The molecule has 4 heteroatoms. The predicted octanol–water partition coefficient (Wildman–Crippen LogP) is 3.42. The van der Waals surface area contributed by atoms with Crippen LogP contribution < -0.4 is 0 Å². The summed E-state index contributed by atoms with van der Waals surface area (Å²) in [5.74, 6) is 1.83. The summed E-state index contributed by atoms with van der Waals surface area (Å²) in [5, 5.41) is 8.92. The van der Waals surface area contributed by atoms with Crippen molar-refractivity contribution in [3.05, 3.63) is 11.6 Å². The Morgan fingerprint density at radius 1 is 1.20 bits per heavy atom. The standard InChI is InChI=1S/C21H30O4/c1-20-9-7-14(25-19(24)12-22)11-13(20)3-4-15-16-5-6-18(23)21(16,2)10-8-17(15)20/h3,14-17,22H,4-12H2,1-2H3/t14-,15?,16?,17?,20+,21+/m1/s1. The van der Waals surface area contributed by atoms with E-state index < -0.39 is 12.6 Å². The number of allylic oxidation sites excluding steroid dienone is 1. The van der Waals surface area contributed by atoms with Crippen LogP contribution in [0, 0.1) is 28.6 Å². The van der Waals surface area contributed by atoms with Crippen LogP contribution >= 0.6 is 0 Å². The van der Waals surface area contributed by atoms with Crippen LogP contribution in [0.1, 0.15) is 65.2 Å². The zero-order chi connectivity index (χ0) is 17.8. The smallest absolute Gasteiger partial charge is 0.332 e. The molecule has 0 radical (unpaired) electrons. The molecule has 3 unspecified atom stereocenters. The van der Waals surface area contributed by atoms with Gasteiger partial charge in [0.1, 0.15) is 18.5 Å². The van der Waals surface area contributed by atoms with Crippen LogP contribution in [0.2, 0.25) is 0 Å². The van der Waals surface area contributed by atoms with E-state index in [4.69, 9.17) is 9.84 Å². The number of esters is 1. The lowest BCUT2D eigenvalue weighted by Gasteiger charge is -2.56. The summed E-state index contributed by atoms with van der Waals surface area (Å²) in [6, 6.07) is 0. The van der Waals surface area contributed by atoms with E-state index in [9.17, 15) is 9.59 Å². The summed E-state index contributed by atoms with van der Waals surface area (Å²) < 4.78 is 5.40. The summed E-state index contributed by atoms with van der Waals surface area (Å²) in [5.41, 5.74) is 1.57. The van der Waals surface area contributed by atoms with Gasteiger partial charge in [-0.05, 0) is 61.7 Å². The number of rotatable bonds is 2. The molecular weight excluding hydrogens is 316 g/mol. The SMILES string of the molecule is C[C@]12CC[C@@H](OC(=O)CO)CC1=CCC1C2CC[C@]2(C)C(=O)CCC12. The number of hydrogen-bond donors (Lipinski definition) is 1. The first-order chi connectivity index (χ1) is 11.9. The minimum Gasteiger partial charge on any atom is -0.460 e. The fourth-order valence-electron chi connectivity index (χ4n) is 6.72. The minimum absolute atomic E-state index is 0.0727. The van der Waals surface area contributed by atoms with E-state index in [-0.39, 0.29) is 16.9 Å². The van der Waals surface area contributed by atoms with Gasteiger partial charge in [0.15, 0.2) is 0 Å². The Morgan fingerprint density at radius 3 is 2.68 bits per heavy atom. The molecule has 3 fully saturated rings. The second kappa shape index (κ2) is 5.94. The molecule has 0 saturated heterocycles. The quantitative estimate of drug-likeness (QED) is 0.615. The van der Waals surface area contributed by atoms with Crippen LogP contribution in [0.5, 0.6) is 0 Å². The van der Waals surface area contributed by atoms with E-state index in [0.717, 1.165) is 51.4 Å². The van der Waals surface area contributed by atoms with Crippen LogP contribution in [-0.4, -0.2) is 29.6 Å². The Morgan fingerprint density at radius 2 is 1.92 bits per heavy atom. The summed E-state index contributed by atoms with van der Waals surface area (Å²) >= 11 is 0. The lowest BCUT2D eigenvalue weighted by atomic mass is 9.48. The average molecular weight is 346 g/mol. The first-order valence-electron chi connectivity index (χ1n) is 9.91. The van der Waals surface area contributed by atoms with Crippen LogP contribution in [-0.2, 0) is 14.3 Å². The Labute approximate surface area is 150 Å². The fraction of sp³-hybridized carbons (Fsp3) is 0.810. The van der Waals surface area contributed by atoms with Crippen molar-refractivity contribution in [2.45, 2.75) is 71.3 Å². The number of hydrogen-bond acceptors (Lipinski definition) is 4. The van der Waals surface area contributed by atoms with Gasteiger partial charge in [-0.2, -0.15) is 0 Å². The van der Waals surface area contributed by atoms with Crippen molar-refractivity contribution in [2.75, 3.05) is 6.61 Å². The van der Waals surface area contributed by atoms with Crippen molar-refractivity contribution in [2.24, 2.45) is 28.6 Å². The van der Waals surface area contributed by atoms with Crippen molar-refractivity contribution in [3.8, 4) is 0 Å². The van der Waals surface area contributed by atoms with E-state index in [1.54, 1.807) is 0 Å². The normalized spacial score (nSPS) is 45.9. The second-order valence-corrected chi connectivity index (χ2v) is 9.19. The highest BCUT2D eigenvalue weighted by molar-refractivity contribution is 5.87. The highest BCUT2D eigenvalue weighted by Crippen LogP contribution is 2.64. The Balaban J connectivity index is 1.56. The Kier molecular flexibility index (Phi) is 4.10. The van der Waals surface area contributed by atoms with E-state index >= 15 is 0 Å². The van der Waals surface area contributed by atoms with Gasteiger partial charge in [0.05, 0.1) is 0 Å². The van der Waals surface area contributed by atoms with Gasteiger partial charge in [0.2, 0.25) is 0 Å². The fourth-order valence-corrected chi connectivity index (χ4v) is 6.72. The number of fused-ring (bicyclic) bond motifs is 5. The van der Waals surface area contributed by atoms with Gasteiger partial charge in [0, 0.05) is 18.3 Å². The Bertz CT molecular complexity index is 623. The second-order valence-electron chi connectivity index (χ2n) is 9.19. The van der Waals surface area contributed by atoms with Gasteiger partial charge in [-0.15, -0.1) is 0 Å². The van der Waals surface area contributed by atoms with E-state index in [1.807, 2.05) is 0 Å². The molecule has 4 aliphatic rings. The third-order valence-electron chi connectivity index (χ3n) is 8.19. The van der Waals surface area contributed by atoms with Gasteiger partial charge in [-0.3, -0.25) is 4.79 Å². The van der Waals surface area contributed by atoms with Gasteiger partial charge < -0.3 is 9.84 Å². The van der Waals surface area contributed by atoms with Gasteiger partial charge in [-0.25, -0.2) is 4.79 Å². The maximum atomic E-state index is 12.5. The molecule has 4 nitrogen and oxygen atoms in total. The lowest BCUT2D eigenvalue weighted by Crippen LogP contribution is -2.50. The molecule has 138 valence electrons. The zero-order valence-corrected chi connectivity index (χ0v) is 15.4. The predicted molar refractivity (Wildman–Crippen MR) is 93.7 cm³/mol. The van der Waals surface area contributed by atoms with Gasteiger partial charge >= 0.3 is 5.97 Å². The van der Waals surface area contributed by atoms with Crippen molar-refractivity contribution >= 4 is 11.8 Å². The number of aliphatic hydroxyl groups is 1. The number of carbonyl (C=O) groups excluding carboxylic acids is 2. The number of Topliss-reactive ketones (excluding diaryl/α,β-unsaturated/α-hetero) is 1. The van der Waals surface area contributed by atoms with Crippen molar-refractivity contribution < 1.29 is 19.4 Å². The lowest BCUT2D eigenvalue weighted by molar-refractivity contribution is -0.154. The van der Waals surface area contributed by atoms with Crippen molar-refractivity contribution in [1.82, 2.24) is 0 Å². The molecule has 0 bridgehead atoms. The van der Waals surface area contributed by atoms with E-state index in [2.05, 4.69) is 19.9 Å². The highest BCUT2D eigenvalue weighted by Gasteiger charge is 2.58. The summed E-state index contributed by atoms with van der Waals surface area (Å²) in [4.78, 5) is 23.9. The molecule has 0 heterocycles. The third-order valence-corrected chi connectivity index (χ3v) is 8.19. The summed E-state index contributed by atoms with van der Waals surface area (Å²) in [6.45, 7) is 4.08. The third kappa shape index (κ3) is 2.51. The maximum Gasteiger partial charge on any atom is 0.332 e. The van der Waals surface area contributed by atoms with E-state index in [1.165, 1.54) is 5.57 Å². The molecule has 4 aliphatic carbocycles. The van der Waals surface area contributed by atoms with Crippen LogP contribution in [0.4, 0.5) is 0 Å². The number of carbonyl (C=O) groups is 2. The van der Waals surface area contributed by atoms with Crippen molar-refractivity contribution in [1.29, 1.82) is 0 Å². The van der Waals surface area contributed by atoms with Crippen molar-refractivity contribution in [3.63, 3.8) is 0 Å². The number of aliphatic hydroxyl groups excluding tert-OH is 1. The maximum absolute atomic E-state index is 12.5. The monoisotopic (exact) mass is 346 g/mol. The molecule has 1 N–H and O–H groups in total. The summed E-state index contributed by atoms with van der Waals surface area (Å²) in [7, 11) is 0. The molecule has 6 atom stereocenters. The molecule has 0 aromatic carbocycles. The molecule has 0 aromatic rings. The molecule has 25 heavy (non-hydrogen) atoms. The molecular formula is C21H30O4. The largest absolute Gasteiger partial charge is 0.460 e. The molecule has 0 amide bonds. The topological polar surface area (TPSA) is 63.6 Å². The number of ether oxygens (including phenoxy) is 1. The number of ketones is 1. The molecule has 0 spiro atoms. The molecule has 3 saturated carbocycles. The van der Waals surface area contributed by atoms with Crippen LogP contribution in [0.25, 0.3) is 0 Å². The minimum atomic E-state index is -0.536. The first-order valence-corrected chi connectivity index (χ1v) is 9.91. The summed E-state index contributed by atoms with van der Waals surface area (Å²) in [6.07, 6.45) is 10.2. The molecule has 4 rings (SSSR count). The average Bonchev–Trinajstić information content (AvgIpc) is 2.90. The molecule has 0 aliphatic heterocycles. The Hall–Kier alpha value is -1.16. The van der Waals surface area contributed by atoms with Crippen LogP contribution in [0.3, 0.4) is 0 Å². The molecule has 0 aromatic heterocycles. The van der Waals surface area contributed by atoms with Gasteiger partial charge in [0.25, 0.3) is 0 Å². The van der Waals surface area contributed by atoms with Crippen LogP contribution in [0.15, 0.2) is 11.6 Å².